The Morgan fingerprint density at radius 3 is 2.77 bits per heavy atom. The topological polar surface area (TPSA) is 77.6 Å². The lowest BCUT2D eigenvalue weighted by molar-refractivity contribution is 0.102. The van der Waals surface area contributed by atoms with Gasteiger partial charge in [0.1, 0.15) is 11.6 Å². The summed E-state index contributed by atoms with van der Waals surface area (Å²) in [4.78, 5) is 17.6. The van der Waals surface area contributed by atoms with Crippen LogP contribution >= 0.6 is 0 Å². The number of anilines is 1. The molecule has 2 aromatic carbocycles. The van der Waals surface area contributed by atoms with Crippen molar-refractivity contribution in [2.75, 3.05) is 5.32 Å². The first-order valence-electron chi connectivity index (χ1n) is 10.2. The zero-order chi connectivity index (χ0) is 21.4. The van der Waals surface area contributed by atoms with Crippen molar-refractivity contribution in [1.82, 2.24) is 24.5 Å². The Bertz CT molecular complexity index is 1230. The summed E-state index contributed by atoms with van der Waals surface area (Å²) in [6.07, 6.45) is 5.43. The third-order valence-corrected chi connectivity index (χ3v) is 5.51. The molecular formula is C23H21FN6O. The monoisotopic (exact) mass is 416 g/mol. The average molecular weight is 416 g/mol. The highest BCUT2D eigenvalue weighted by Crippen LogP contribution is 2.25. The first-order chi connectivity index (χ1) is 15.1. The van der Waals surface area contributed by atoms with E-state index >= 15 is 0 Å². The minimum Gasteiger partial charge on any atom is -0.334 e. The molecular weight excluding hydrogens is 395 g/mol. The summed E-state index contributed by atoms with van der Waals surface area (Å²) in [7, 11) is 0. The van der Waals surface area contributed by atoms with Crippen LogP contribution in [0.5, 0.6) is 0 Å². The van der Waals surface area contributed by atoms with Gasteiger partial charge in [-0.05, 0) is 56.2 Å². The SMILES string of the molecule is Cc1c(C(=O)Nc2cccc(-c3cn4c(n3)CCCC4)c2)nnn1-c1ccc(F)cc1. The van der Waals surface area contributed by atoms with Gasteiger partial charge >= 0.3 is 0 Å². The van der Waals surface area contributed by atoms with Crippen LogP contribution < -0.4 is 5.32 Å². The zero-order valence-electron chi connectivity index (χ0n) is 17.0. The van der Waals surface area contributed by atoms with E-state index in [2.05, 4.69) is 26.4 Å². The van der Waals surface area contributed by atoms with Crippen molar-refractivity contribution in [1.29, 1.82) is 0 Å². The van der Waals surface area contributed by atoms with Crippen LogP contribution in [0, 0.1) is 12.7 Å². The van der Waals surface area contributed by atoms with Crippen molar-refractivity contribution in [3.8, 4) is 16.9 Å². The van der Waals surface area contributed by atoms with Crippen molar-refractivity contribution < 1.29 is 9.18 Å². The van der Waals surface area contributed by atoms with Crippen LogP contribution in [0.15, 0.2) is 54.7 Å². The van der Waals surface area contributed by atoms with Gasteiger partial charge < -0.3 is 9.88 Å². The summed E-state index contributed by atoms with van der Waals surface area (Å²) in [5.41, 5.74) is 3.94. The van der Waals surface area contributed by atoms with E-state index < -0.39 is 0 Å². The van der Waals surface area contributed by atoms with E-state index in [9.17, 15) is 9.18 Å². The fourth-order valence-electron chi connectivity index (χ4n) is 3.86. The third kappa shape index (κ3) is 3.72. The molecule has 0 atom stereocenters. The fraction of sp³-hybridized carbons (Fsp3) is 0.217. The number of nitrogens with zero attached hydrogens (tertiary/aromatic N) is 5. The van der Waals surface area contributed by atoms with Crippen LogP contribution in [-0.2, 0) is 13.0 Å². The van der Waals surface area contributed by atoms with E-state index in [1.54, 1.807) is 19.1 Å². The highest BCUT2D eigenvalue weighted by Gasteiger charge is 2.18. The molecule has 4 aromatic rings. The number of amides is 1. The van der Waals surface area contributed by atoms with Gasteiger partial charge in [-0.15, -0.1) is 5.10 Å². The van der Waals surface area contributed by atoms with Gasteiger partial charge in [-0.1, -0.05) is 17.3 Å². The molecule has 5 rings (SSSR count). The molecule has 1 aliphatic heterocycles. The molecule has 7 nitrogen and oxygen atoms in total. The number of rotatable bonds is 4. The number of nitrogens with one attached hydrogen (secondary N) is 1. The van der Waals surface area contributed by atoms with Crippen LogP contribution in [0.2, 0.25) is 0 Å². The van der Waals surface area contributed by atoms with Crippen molar-refractivity contribution in [3.63, 3.8) is 0 Å². The Kier molecular flexibility index (Phi) is 4.82. The van der Waals surface area contributed by atoms with Crippen LogP contribution in [0.1, 0.15) is 34.8 Å². The number of benzene rings is 2. The van der Waals surface area contributed by atoms with Gasteiger partial charge in [-0.3, -0.25) is 4.79 Å². The molecule has 0 radical (unpaired) electrons. The van der Waals surface area contributed by atoms with E-state index in [1.165, 1.54) is 29.7 Å². The Morgan fingerprint density at radius 1 is 1.13 bits per heavy atom. The van der Waals surface area contributed by atoms with Gasteiger partial charge in [0.15, 0.2) is 5.69 Å². The van der Waals surface area contributed by atoms with Crippen molar-refractivity contribution >= 4 is 11.6 Å². The standard InChI is InChI=1S/C23H21FN6O/c1-15-22(27-28-30(15)19-10-8-17(24)9-11-19)23(31)25-18-6-4-5-16(13-18)20-14-29-12-3-2-7-21(29)26-20/h4-6,8-11,13-14H,2-3,7,12H2,1H3,(H,25,31). The number of aryl methyl sites for hydroxylation is 2. The normalized spacial score (nSPS) is 13.1. The van der Waals surface area contributed by atoms with E-state index in [4.69, 9.17) is 4.98 Å². The maximum atomic E-state index is 13.2. The number of imidazole rings is 1. The lowest BCUT2D eigenvalue weighted by Gasteiger charge is -2.11. The van der Waals surface area contributed by atoms with Crippen molar-refractivity contribution in [2.24, 2.45) is 0 Å². The number of aromatic nitrogens is 5. The number of fused-ring (bicyclic) bond motifs is 1. The quantitative estimate of drug-likeness (QED) is 0.542. The zero-order valence-corrected chi connectivity index (χ0v) is 17.0. The predicted molar refractivity (Wildman–Crippen MR) is 115 cm³/mol. The van der Waals surface area contributed by atoms with Gasteiger partial charge in [0.05, 0.1) is 17.1 Å². The van der Waals surface area contributed by atoms with Gasteiger partial charge in [-0.25, -0.2) is 14.1 Å². The first-order valence-corrected chi connectivity index (χ1v) is 10.2. The molecule has 0 aliphatic carbocycles. The van der Waals surface area contributed by atoms with Crippen LogP contribution in [-0.4, -0.2) is 30.5 Å². The number of carbonyl (C=O) groups is 1. The molecule has 0 spiro atoms. The minimum atomic E-state index is -0.354. The molecule has 0 saturated carbocycles. The smallest absolute Gasteiger partial charge is 0.278 e. The van der Waals surface area contributed by atoms with Crippen LogP contribution in [0.3, 0.4) is 0 Å². The Hall–Kier alpha value is -3.81. The molecule has 1 aliphatic rings. The van der Waals surface area contributed by atoms with E-state index in [1.807, 2.05) is 24.3 Å². The molecule has 156 valence electrons. The van der Waals surface area contributed by atoms with E-state index in [0.717, 1.165) is 30.0 Å². The predicted octanol–water partition coefficient (Wildman–Crippen LogP) is 4.17. The number of hydrogen-bond donors (Lipinski definition) is 1. The van der Waals surface area contributed by atoms with Gasteiger partial charge in [-0.2, -0.15) is 0 Å². The van der Waals surface area contributed by atoms with Gasteiger partial charge in [0, 0.05) is 30.4 Å². The second-order valence-electron chi connectivity index (χ2n) is 7.64. The molecule has 3 heterocycles. The van der Waals surface area contributed by atoms with Crippen molar-refractivity contribution in [2.45, 2.75) is 32.7 Å². The van der Waals surface area contributed by atoms with Crippen molar-refractivity contribution in [3.05, 3.63) is 77.8 Å². The molecule has 8 heteroatoms. The molecule has 2 aromatic heterocycles. The lowest BCUT2D eigenvalue weighted by Crippen LogP contribution is -2.14. The summed E-state index contributed by atoms with van der Waals surface area (Å²) in [6, 6.07) is 13.5. The minimum absolute atomic E-state index is 0.215. The second kappa shape index (κ2) is 7.79. The third-order valence-electron chi connectivity index (χ3n) is 5.51. The maximum Gasteiger partial charge on any atom is 0.278 e. The Labute approximate surface area is 178 Å². The highest BCUT2D eigenvalue weighted by molar-refractivity contribution is 6.03. The van der Waals surface area contributed by atoms with Crippen LogP contribution in [0.4, 0.5) is 10.1 Å². The highest BCUT2D eigenvalue weighted by atomic mass is 19.1. The van der Waals surface area contributed by atoms with Gasteiger partial charge in [0.2, 0.25) is 0 Å². The molecule has 0 fully saturated rings. The van der Waals surface area contributed by atoms with Gasteiger partial charge in [0.25, 0.3) is 5.91 Å². The molecule has 31 heavy (non-hydrogen) atoms. The Morgan fingerprint density at radius 2 is 1.97 bits per heavy atom. The summed E-state index contributed by atoms with van der Waals surface area (Å²) in [6.45, 7) is 2.76. The molecule has 0 bridgehead atoms. The summed E-state index contributed by atoms with van der Waals surface area (Å²) >= 11 is 0. The first kappa shape index (κ1) is 19.2. The van der Waals surface area contributed by atoms with Crippen LogP contribution in [0.25, 0.3) is 16.9 Å². The molecule has 1 N–H and O–H groups in total. The summed E-state index contributed by atoms with van der Waals surface area (Å²) in [5, 5.41) is 11.0. The molecule has 0 unspecified atom stereocenters. The Balaban J connectivity index is 1.37. The van der Waals surface area contributed by atoms with E-state index in [-0.39, 0.29) is 17.4 Å². The van der Waals surface area contributed by atoms with E-state index in [0.29, 0.717) is 17.1 Å². The molecule has 0 saturated heterocycles. The number of carbonyl (C=O) groups excluding carboxylic acids is 1. The number of halogens is 1. The fourth-order valence-corrected chi connectivity index (χ4v) is 3.86. The summed E-state index contributed by atoms with van der Waals surface area (Å²) < 4.78 is 16.9. The molecule has 1 amide bonds. The summed E-state index contributed by atoms with van der Waals surface area (Å²) in [5.74, 6) is 0.425. The largest absolute Gasteiger partial charge is 0.334 e. The number of hydrogen-bond acceptors (Lipinski definition) is 4. The average Bonchev–Trinajstić information content (AvgIpc) is 3.38. The maximum absolute atomic E-state index is 13.2. The second-order valence-corrected chi connectivity index (χ2v) is 7.64. The lowest BCUT2D eigenvalue weighted by atomic mass is 10.1.